The first-order valence-corrected chi connectivity index (χ1v) is 8.84. The van der Waals surface area contributed by atoms with E-state index in [1.54, 1.807) is 6.07 Å². The van der Waals surface area contributed by atoms with Crippen molar-refractivity contribution in [3.8, 4) is 0 Å². The number of hydrogen-bond donors (Lipinski definition) is 1. The zero-order valence-electron chi connectivity index (χ0n) is 14.4. The van der Waals surface area contributed by atoms with Crippen LogP contribution in [-0.4, -0.2) is 17.7 Å². The molecule has 130 valence electrons. The summed E-state index contributed by atoms with van der Waals surface area (Å²) in [7, 11) is 2.09. The van der Waals surface area contributed by atoms with Crippen molar-refractivity contribution in [3.05, 3.63) is 70.9 Å². The number of aryl methyl sites for hydroxylation is 1. The van der Waals surface area contributed by atoms with Gasteiger partial charge in [0.1, 0.15) is 0 Å². The molecule has 3 aromatic rings. The molecule has 4 heteroatoms. The van der Waals surface area contributed by atoms with Crippen molar-refractivity contribution in [3.63, 3.8) is 0 Å². The molecule has 2 nitrogen and oxygen atoms in total. The van der Waals surface area contributed by atoms with E-state index in [1.165, 1.54) is 28.6 Å². The van der Waals surface area contributed by atoms with Gasteiger partial charge in [0, 0.05) is 24.1 Å². The van der Waals surface area contributed by atoms with Crippen LogP contribution in [0.25, 0.3) is 10.9 Å². The smallest absolute Gasteiger partial charge is 0.159 e. The Labute approximate surface area is 146 Å². The minimum atomic E-state index is -0.796. The van der Waals surface area contributed by atoms with E-state index in [1.807, 2.05) is 0 Å². The molecular weight excluding hydrogens is 318 g/mol. The highest BCUT2D eigenvalue weighted by Crippen LogP contribution is 2.33. The molecule has 1 N–H and O–H groups in total. The second-order valence-electron chi connectivity index (χ2n) is 7.00. The normalized spacial score (nSPS) is 15.8. The number of nitrogens with one attached hydrogen (secondary N) is 1. The van der Waals surface area contributed by atoms with E-state index in [4.69, 9.17) is 0 Å². The minimum absolute atomic E-state index is 0.587. The molecule has 25 heavy (non-hydrogen) atoms. The molecule has 0 atom stereocenters. The SMILES string of the molecule is Cn1cc(C2CCNCC2)c2cc(Cc3ccc(F)c(F)c3)ccc21. The third-order valence-corrected chi connectivity index (χ3v) is 5.26. The van der Waals surface area contributed by atoms with Gasteiger partial charge in [-0.25, -0.2) is 8.78 Å². The highest BCUT2D eigenvalue weighted by Gasteiger charge is 2.19. The second-order valence-corrected chi connectivity index (χ2v) is 7.00. The third-order valence-electron chi connectivity index (χ3n) is 5.26. The average Bonchev–Trinajstić information content (AvgIpc) is 2.95. The quantitative estimate of drug-likeness (QED) is 0.742. The summed E-state index contributed by atoms with van der Waals surface area (Å²) >= 11 is 0. The molecule has 1 saturated heterocycles. The van der Waals surface area contributed by atoms with Crippen molar-refractivity contribution in [2.45, 2.75) is 25.2 Å². The Kier molecular flexibility index (Phi) is 4.30. The van der Waals surface area contributed by atoms with Gasteiger partial charge in [0.2, 0.25) is 0 Å². The lowest BCUT2D eigenvalue weighted by Gasteiger charge is -2.22. The highest BCUT2D eigenvalue weighted by molar-refractivity contribution is 5.85. The summed E-state index contributed by atoms with van der Waals surface area (Å²) in [5.74, 6) is -0.993. The van der Waals surface area contributed by atoms with E-state index in [2.05, 4.69) is 41.3 Å². The number of nitrogens with zero attached hydrogens (tertiary/aromatic N) is 1. The maximum Gasteiger partial charge on any atom is 0.159 e. The molecule has 1 aliphatic rings. The number of rotatable bonds is 3. The highest BCUT2D eigenvalue weighted by atomic mass is 19.2. The van der Waals surface area contributed by atoms with Gasteiger partial charge >= 0.3 is 0 Å². The summed E-state index contributed by atoms with van der Waals surface area (Å²) in [5.41, 5.74) is 4.55. The number of benzene rings is 2. The Morgan fingerprint density at radius 3 is 2.48 bits per heavy atom. The van der Waals surface area contributed by atoms with Crippen molar-refractivity contribution >= 4 is 10.9 Å². The molecule has 0 unspecified atom stereocenters. The maximum atomic E-state index is 13.5. The number of piperidine rings is 1. The number of fused-ring (bicyclic) bond motifs is 1. The van der Waals surface area contributed by atoms with E-state index in [0.29, 0.717) is 12.3 Å². The lowest BCUT2D eigenvalue weighted by molar-refractivity contribution is 0.462. The van der Waals surface area contributed by atoms with Crippen molar-refractivity contribution < 1.29 is 8.78 Å². The van der Waals surface area contributed by atoms with Gasteiger partial charge < -0.3 is 9.88 Å². The lowest BCUT2D eigenvalue weighted by atomic mass is 9.89. The molecule has 1 aromatic heterocycles. The first kappa shape index (κ1) is 16.3. The predicted molar refractivity (Wildman–Crippen MR) is 96.9 cm³/mol. The zero-order valence-corrected chi connectivity index (χ0v) is 14.4. The molecule has 2 aromatic carbocycles. The number of halogens is 2. The van der Waals surface area contributed by atoms with Gasteiger partial charge in [0.25, 0.3) is 0 Å². The number of hydrogen-bond acceptors (Lipinski definition) is 1. The molecule has 0 spiro atoms. The van der Waals surface area contributed by atoms with E-state index in [-0.39, 0.29) is 0 Å². The van der Waals surface area contributed by atoms with Crippen LogP contribution in [-0.2, 0) is 13.5 Å². The minimum Gasteiger partial charge on any atom is -0.350 e. The molecule has 1 fully saturated rings. The summed E-state index contributed by atoms with van der Waals surface area (Å²) in [6.07, 6.45) is 5.18. The summed E-state index contributed by atoms with van der Waals surface area (Å²) in [6.45, 7) is 2.13. The Morgan fingerprint density at radius 1 is 1.00 bits per heavy atom. The monoisotopic (exact) mass is 340 g/mol. The van der Waals surface area contributed by atoms with Crippen LogP contribution in [0.1, 0.15) is 35.4 Å². The van der Waals surface area contributed by atoms with Crippen LogP contribution < -0.4 is 5.32 Å². The topological polar surface area (TPSA) is 17.0 Å². The van der Waals surface area contributed by atoms with Gasteiger partial charge in [-0.2, -0.15) is 0 Å². The van der Waals surface area contributed by atoms with Crippen LogP contribution in [0.5, 0.6) is 0 Å². The predicted octanol–water partition coefficient (Wildman–Crippen LogP) is 4.51. The Morgan fingerprint density at radius 2 is 1.72 bits per heavy atom. The fraction of sp³-hybridized carbons (Fsp3) is 0.333. The van der Waals surface area contributed by atoms with E-state index in [0.717, 1.165) is 37.1 Å². The third kappa shape index (κ3) is 3.19. The van der Waals surface area contributed by atoms with Gasteiger partial charge in [0.15, 0.2) is 11.6 Å². The van der Waals surface area contributed by atoms with Gasteiger partial charge in [-0.3, -0.25) is 0 Å². The Hall–Kier alpha value is -2.20. The number of aromatic nitrogens is 1. The summed E-state index contributed by atoms with van der Waals surface area (Å²) in [5, 5.41) is 4.71. The van der Waals surface area contributed by atoms with Crippen LogP contribution in [0.15, 0.2) is 42.6 Å². The Bertz CT molecular complexity index is 908. The van der Waals surface area contributed by atoms with Gasteiger partial charge in [-0.15, -0.1) is 0 Å². The molecule has 4 rings (SSSR count). The maximum absolute atomic E-state index is 13.5. The van der Waals surface area contributed by atoms with Crippen molar-refractivity contribution in [2.24, 2.45) is 7.05 Å². The zero-order chi connectivity index (χ0) is 17.4. The molecule has 0 bridgehead atoms. The molecule has 0 radical (unpaired) electrons. The van der Waals surface area contributed by atoms with Crippen LogP contribution >= 0.6 is 0 Å². The fourth-order valence-electron chi connectivity index (χ4n) is 3.92. The van der Waals surface area contributed by atoms with Gasteiger partial charge in [-0.05, 0) is 79.2 Å². The largest absolute Gasteiger partial charge is 0.350 e. The summed E-state index contributed by atoms with van der Waals surface area (Å²) in [6, 6.07) is 10.6. The fourth-order valence-corrected chi connectivity index (χ4v) is 3.92. The summed E-state index contributed by atoms with van der Waals surface area (Å²) < 4.78 is 28.8. The van der Waals surface area contributed by atoms with E-state index >= 15 is 0 Å². The standard InChI is InChI=1S/C21H22F2N2/c1-25-13-18(16-6-8-24-9-7-16)17-11-14(3-5-21(17)25)10-15-2-4-19(22)20(23)12-15/h2-5,11-13,16,24H,6-10H2,1H3. The molecule has 0 aliphatic carbocycles. The molecule has 0 saturated carbocycles. The van der Waals surface area contributed by atoms with Crippen LogP contribution in [0.2, 0.25) is 0 Å². The van der Waals surface area contributed by atoms with Gasteiger partial charge in [0.05, 0.1) is 0 Å². The van der Waals surface area contributed by atoms with E-state index < -0.39 is 11.6 Å². The molecule has 0 amide bonds. The van der Waals surface area contributed by atoms with Crippen molar-refractivity contribution in [1.82, 2.24) is 9.88 Å². The van der Waals surface area contributed by atoms with Gasteiger partial charge in [-0.1, -0.05) is 12.1 Å². The van der Waals surface area contributed by atoms with Crippen LogP contribution in [0.3, 0.4) is 0 Å². The average molecular weight is 340 g/mol. The van der Waals surface area contributed by atoms with E-state index in [9.17, 15) is 8.78 Å². The Balaban J connectivity index is 1.69. The molecular formula is C21H22F2N2. The second kappa shape index (κ2) is 6.60. The van der Waals surface area contributed by atoms with Crippen molar-refractivity contribution in [1.29, 1.82) is 0 Å². The molecule has 2 heterocycles. The first-order chi connectivity index (χ1) is 12.1. The lowest BCUT2D eigenvalue weighted by Crippen LogP contribution is -2.26. The first-order valence-electron chi connectivity index (χ1n) is 8.84. The van der Waals surface area contributed by atoms with Crippen LogP contribution in [0.4, 0.5) is 8.78 Å². The van der Waals surface area contributed by atoms with Crippen LogP contribution in [0, 0.1) is 11.6 Å². The van der Waals surface area contributed by atoms with Crippen molar-refractivity contribution in [2.75, 3.05) is 13.1 Å². The summed E-state index contributed by atoms with van der Waals surface area (Å²) in [4.78, 5) is 0. The molecule has 1 aliphatic heterocycles.